The topological polar surface area (TPSA) is 26.0 Å². The third kappa shape index (κ3) is 3.02. The van der Waals surface area contributed by atoms with Crippen LogP contribution in [0.5, 0.6) is 0 Å². The number of benzene rings is 1. The van der Waals surface area contributed by atoms with Gasteiger partial charge in [0.25, 0.3) is 0 Å². The van der Waals surface area contributed by atoms with Crippen LogP contribution in [0, 0.1) is 9.39 Å². The van der Waals surface area contributed by atoms with Gasteiger partial charge in [0, 0.05) is 15.8 Å². The van der Waals surface area contributed by atoms with Crippen molar-refractivity contribution < 1.29 is 4.39 Å². The zero-order valence-corrected chi connectivity index (χ0v) is 11.2. The summed E-state index contributed by atoms with van der Waals surface area (Å²) in [5.74, 6) is -0.189. The largest absolute Gasteiger partial charge is 0.398 e. The highest BCUT2D eigenvalue weighted by Gasteiger charge is 2.09. The molecule has 1 aromatic carbocycles. The second-order valence-electron chi connectivity index (χ2n) is 3.14. The molecule has 0 bridgehead atoms. The van der Waals surface area contributed by atoms with Gasteiger partial charge in [-0.25, -0.2) is 4.39 Å². The summed E-state index contributed by atoms with van der Waals surface area (Å²) >= 11 is 3.57. The molecule has 1 nitrogen and oxygen atoms in total. The summed E-state index contributed by atoms with van der Waals surface area (Å²) in [4.78, 5) is 0.845. The van der Waals surface area contributed by atoms with Crippen LogP contribution in [0.3, 0.4) is 0 Å². The van der Waals surface area contributed by atoms with E-state index in [1.807, 2.05) is 22.6 Å². The van der Waals surface area contributed by atoms with Gasteiger partial charge in [-0.3, -0.25) is 0 Å². The Hall–Kier alpha value is 0.0300. The van der Waals surface area contributed by atoms with Crippen LogP contribution in [-0.4, -0.2) is 5.25 Å². The second-order valence-corrected chi connectivity index (χ2v) is 5.78. The molecule has 1 aromatic rings. The summed E-state index contributed by atoms with van der Waals surface area (Å²) in [6.07, 6.45) is 1.05. The molecule has 0 aliphatic rings. The van der Waals surface area contributed by atoms with Crippen molar-refractivity contribution in [3.63, 3.8) is 0 Å². The molecule has 0 amide bonds. The number of hydrogen-bond acceptors (Lipinski definition) is 2. The molecule has 0 heterocycles. The predicted molar refractivity (Wildman–Crippen MR) is 69.1 cm³/mol. The fraction of sp³-hybridized carbons (Fsp3) is 0.400. The van der Waals surface area contributed by atoms with Crippen molar-refractivity contribution in [2.24, 2.45) is 0 Å². The number of nitrogen functional groups attached to an aromatic ring is 1. The molecule has 0 aromatic heterocycles. The molecular formula is C10H13FINS. The molecule has 2 N–H and O–H groups in total. The van der Waals surface area contributed by atoms with Crippen molar-refractivity contribution in [1.82, 2.24) is 0 Å². The fourth-order valence-electron chi connectivity index (χ4n) is 0.946. The first-order chi connectivity index (χ1) is 6.54. The average Bonchev–Trinajstić information content (AvgIpc) is 2.14. The smallest absolute Gasteiger partial charge is 0.137 e. The van der Waals surface area contributed by atoms with Crippen LogP contribution in [0.15, 0.2) is 17.0 Å². The average molecular weight is 325 g/mol. The van der Waals surface area contributed by atoms with Gasteiger partial charge >= 0.3 is 0 Å². The third-order valence-electron chi connectivity index (χ3n) is 1.96. The zero-order chi connectivity index (χ0) is 10.7. The van der Waals surface area contributed by atoms with Gasteiger partial charge in [-0.2, -0.15) is 0 Å². The zero-order valence-electron chi connectivity index (χ0n) is 8.18. The highest BCUT2D eigenvalue weighted by atomic mass is 127. The van der Waals surface area contributed by atoms with Crippen LogP contribution in [0.1, 0.15) is 20.3 Å². The molecule has 0 spiro atoms. The van der Waals surface area contributed by atoms with Gasteiger partial charge < -0.3 is 5.73 Å². The molecular weight excluding hydrogens is 312 g/mol. The second kappa shape index (κ2) is 5.21. The lowest BCUT2D eigenvalue weighted by atomic mass is 10.3. The van der Waals surface area contributed by atoms with Crippen molar-refractivity contribution in [1.29, 1.82) is 0 Å². The fourth-order valence-corrected chi connectivity index (χ4v) is 2.40. The summed E-state index contributed by atoms with van der Waals surface area (Å²) in [5.41, 5.74) is 6.47. The van der Waals surface area contributed by atoms with Crippen LogP contribution < -0.4 is 5.73 Å². The van der Waals surface area contributed by atoms with Gasteiger partial charge in [-0.15, -0.1) is 11.8 Å². The van der Waals surface area contributed by atoms with Gasteiger partial charge in [-0.1, -0.05) is 13.8 Å². The summed E-state index contributed by atoms with van der Waals surface area (Å²) in [6.45, 7) is 4.22. The molecule has 1 atom stereocenters. The Bertz CT molecular complexity index is 330. The van der Waals surface area contributed by atoms with Crippen molar-refractivity contribution >= 4 is 40.0 Å². The molecule has 78 valence electrons. The van der Waals surface area contributed by atoms with E-state index in [4.69, 9.17) is 5.73 Å². The standard InChI is InChI=1S/C10H13FINS/c1-3-6(2)14-10-4-7(11)8(12)5-9(10)13/h4-6H,3,13H2,1-2H3. The van der Waals surface area contributed by atoms with Crippen LogP contribution in [0.2, 0.25) is 0 Å². The Morgan fingerprint density at radius 3 is 2.79 bits per heavy atom. The highest BCUT2D eigenvalue weighted by molar-refractivity contribution is 14.1. The Kier molecular flexibility index (Phi) is 4.50. The van der Waals surface area contributed by atoms with E-state index in [2.05, 4.69) is 13.8 Å². The predicted octanol–water partition coefficient (Wildman–Crippen LogP) is 3.90. The van der Waals surface area contributed by atoms with Crippen LogP contribution in [0.25, 0.3) is 0 Å². The number of nitrogens with two attached hydrogens (primary N) is 1. The van der Waals surface area contributed by atoms with E-state index < -0.39 is 0 Å². The lowest BCUT2D eigenvalue weighted by Crippen LogP contribution is -1.97. The lowest BCUT2D eigenvalue weighted by Gasteiger charge is -2.11. The van der Waals surface area contributed by atoms with Gasteiger partial charge in [0.1, 0.15) is 5.82 Å². The van der Waals surface area contributed by atoms with Crippen LogP contribution >= 0.6 is 34.4 Å². The Morgan fingerprint density at radius 2 is 2.21 bits per heavy atom. The minimum absolute atomic E-state index is 0.189. The molecule has 0 saturated heterocycles. The molecule has 1 unspecified atom stereocenters. The SMILES string of the molecule is CCC(C)Sc1cc(F)c(I)cc1N. The van der Waals surface area contributed by atoms with Crippen molar-refractivity contribution in [3.05, 3.63) is 21.5 Å². The van der Waals surface area contributed by atoms with E-state index in [1.165, 1.54) is 6.07 Å². The monoisotopic (exact) mass is 325 g/mol. The van der Waals surface area contributed by atoms with Crippen molar-refractivity contribution in [3.8, 4) is 0 Å². The summed E-state index contributed by atoms with van der Waals surface area (Å²) < 4.78 is 13.8. The number of thioether (sulfide) groups is 1. The van der Waals surface area contributed by atoms with E-state index in [-0.39, 0.29) is 5.82 Å². The third-order valence-corrected chi connectivity index (χ3v) is 4.13. The first kappa shape index (κ1) is 12.1. The van der Waals surface area contributed by atoms with Crippen LogP contribution in [-0.2, 0) is 0 Å². The molecule has 1 rings (SSSR count). The van der Waals surface area contributed by atoms with E-state index in [0.717, 1.165) is 11.3 Å². The maximum Gasteiger partial charge on any atom is 0.137 e. The maximum atomic E-state index is 13.2. The van der Waals surface area contributed by atoms with Gasteiger partial charge in [0.05, 0.1) is 3.57 Å². The first-order valence-electron chi connectivity index (χ1n) is 4.45. The molecule has 0 radical (unpaired) electrons. The molecule has 0 aliphatic heterocycles. The molecule has 0 saturated carbocycles. The van der Waals surface area contributed by atoms with E-state index in [0.29, 0.717) is 14.5 Å². The summed E-state index contributed by atoms with van der Waals surface area (Å²) in [6, 6.07) is 3.20. The van der Waals surface area contributed by atoms with Gasteiger partial charge in [0.2, 0.25) is 0 Å². The van der Waals surface area contributed by atoms with Gasteiger partial charge in [0.15, 0.2) is 0 Å². The lowest BCUT2D eigenvalue weighted by molar-refractivity contribution is 0.617. The Labute approximate surface area is 102 Å². The number of anilines is 1. The van der Waals surface area contributed by atoms with E-state index >= 15 is 0 Å². The van der Waals surface area contributed by atoms with E-state index in [9.17, 15) is 4.39 Å². The molecule has 14 heavy (non-hydrogen) atoms. The number of hydrogen-bond donors (Lipinski definition) is 1. The summed E-state index contributed by atoms with van der Waals surface area (Å²) in [7, 11) is 0. The number of rotatable bonds is 3. The Balaban J connectivity index is 2.92. The minimum Gasteiger partial charge on any atom is -0.398 e. The first-order valence-corrected chi connectivity index (χ1v) is 6.41. The normalized spacial score (nSPS) is 12.9. The quantitative estimate of drug-likeness (QED) is 0.518. The molecule has 0 fully saturated rings. The number of halogens is 2. The summed E-state index contributed by atoms with van der Waals surface area (Å²) in [5, 5.41) is 0.469. The van der Waals surface area contributed by atoms with E-state index in [1.54, 1.807) is 17.8 Å². The minimum atomic E-state index is -0.189. The van der Waals surface area contributed by atoms with Crippen molar-refractivity contribution in [2.45, 2.75) is 30.4 Å². The maximum absolute atomic E-state index is 13.2. The van der Waals surface area contributed by atoms with Gasteiger partial charge in [-0.05, 0) is 41.1 Å². The molecule has 4 heteroatoms. The molecule has 0 aliphatic carbocycles. The highest BCUT2D eigenvalue weighted by Crippen LogP contribution is 2.32. The van der Waals surface area contributed by atoms with Crippen molar-refractivity contribution in [2.75, 3.05) is 5.73 Å². The Morgan fingerprint density at radius 1 is 1.57 bits per heavy atom. The van der Waals surface area contributed by atoms with Crippen LogP contribution in [0.4, 0.5) is 10.1 Å².